The van der Waals surface area contributed by atoms with Crippen molar-refractivity contribution in [1.29, 1.82) is 0 Å². The molecule has 39 heavy (non-hydrogen) atoms. The fourth-order valence-electron chi connectivity index (χ4n) is 3.76. The maximum atomic E-state index is 13.6. The van der Waals surface area contributed by atoms with Gasteiger partial charge in [-0.05, 0) is 102 Å². The Balaban J connectivity index is 1.69. The number of amides is 1. The zero-order valence-corrected chi connectivity index (χ0v) is 24.3. The Bertz CT molecular complexity index is 1410. The van der Waals surface area contributed by atoms with Crippen LogP contribution in [-0.2, 0) is 11.3 Å². The fraction of sp³-hybridized carbons (Fsp3) is 0.233. The van der Waals surface area contributed by atoms with Gasteiger partial charge in [0, 0.05) is 0 Å². The van der Waals surface area contributed by atoms with Gasteiger partial charge in [0.2, 0.25) is 0 Å². The first-order chi connectivity index (χ1) is 18.8. The molecule has 3 aromatic rings. The molecule has 1 saturated heterocycles. The van der Waals surface area contributed by atoms with Gasteiger partial charge in [0.15, 0.2) is 16.7 Å². The lowest BCUT2D eigenvalue weighted by atomic mass is 10.1. The zero-order chi connectivity index (χ0) is 27.9. The van der Waals surface area contributed by atoms with Gasteiger partial charge >= 0.3 is 5.97 Å². The summed E-state index contributed by atoms with van der Waals surface area (Å²) in [6.45, 7) is 6.70. The van der Waals surface area contributed by atoms with E-state index in [0.717, 1.165) is 27.7 Å². The van der Waals surface area contributed by atoms with Crippen LogP contribution in [0.25, 0.3) is 6.08 Å². The maximum Gasteiger partial charge on any atom is 0.335 e. The highest BCUT2D eigenvalue weighted by Gasteiger charge is 2.33. The Morgan fingerprint density at radius 1 is 1.13 bits per heavy atom. The predicted molar refractivity (Wildman–Crippen MR) is 159 cm³/mol. The number of thioether (sulfide) groups is 1. The number of hydrogen-bond donors (Lipinski definition) is 1. The van der Waals surface area contributed by atoms with E-state index in [2.05, 4.69) is 22.9 Å². The summed E-state index contributed by atoms with van der Waals surface area (Å²) in [5.74, 6) is 0.0506. The largest absolute Gasteiger partial charge is 0.490 e. The monoisotopic (exact) mass is 608 g/mol. The van der Waals surface area contributed by atoms with E-state index in [1.807, 2.05) is 62.4 Å². The highest BCUT2D eigenvalue weighted by molar-refractivity contribution is 9.10. The SMILES string of the molecule is CCOc1cc(C=C2SC(=Nc3ccccc3)N(Cc3ccc(C(=O)O)cc3)C2=O)cc(Br)c1OC(C)CC. The molecule has 0 aromatic heterocycles. The van der Waals surface area contributed by atoms with E-state index >= 15 is 0 Å². The lowest BCUT2D eigenvalue weighted by Crippen LogP contribution is -2.28. The highest BCUT2D eigenvalue weighted by Crippen LogP contribution is 2.40. The highest BCUT2D eigenvalue weighted by atomic mass is 79.9. The van der Waals surface area contributed by atoms with Crippen LogP contribution in [-0.4, -0.2) is 39.8 Å². The van der Waals surface area contributed by atoms with Crippen molar-refractivity contribution in [2.45, 2.75) is 39.8 Å². The second-order valence-electron chi connectivity index (χ2n) is 8.83. The normalized spacial score (nSPS) is 16.1. The molecule has 3 aromatic carbocycles. The molecule has 1 aliphatic rings. The van der Waals surface area contributed by atoms with E-state index in [4.69, 9.17) is 14.5 Å². The first kappa shape index (κ1) is 28.4. The van der Waals surface area contributed by atoms with Crippen LogP contribution in [0.3, 0.4) is 0 Å². The number of amidine groups is 1. The van der Waals surface area contributed by atoms with Crippen molar-refractivity contribution < 1.29 is 24.2 Å². The van der Waals surface area contributed by atoms with Gasteiger partial charge in [-0.2, -0.15) is 0 Å². The molecule has 1 amide bonds. The first-order valence-electron chi connectivity index (χ1n) is 12.6. The second kappa shape index (κ2) is 13.0. The standard InChI is InChI=1S/C30H29BrN2O5S/c1-4-19(3)38-27-24(31)15-21(16-25(27)37-5-2)17-26-28(34)33(18-20-11-13-22(14-12-20)29(35)36)30(39-26)32-23-9-7-6-8-10-23/h6-17,19H,4-5,18H2,1-3H3,(H,35,36). The van der Waals surface area contributed by atoms with Crippen LogP contribution in [0.15, 0.2) is 81.1 Å². The van der Waals surface area contributed by atoms with Crippen LogP contribution in [0.2, 0.25) is 0 Å². The van der Waals surface area contributed by atoms with Gasteiger partial charge in [0.25, 0.3) is 5.91 Å². The van der Waals surface area contributed by atoms with Gasteiger partial charge in [-0.1, -0.05) is 37.3 Å². The van der Waals surface area contributed by atoms with Crippen molar-refractivity contribution in [3.63, 3.8) is 0 Å². The molecular formula is C30H29BrN2O5S. The number of carboxylic acid groups (broad SMARTS) is 1. The number of carboxylic acids is 1. The fourth-order valence-corrected chi connectivity index (χ4v) is 5.31. The second-order valence-corrected chi connectivity index (χ2v) is 10.7. The molecular weight excluding hydrogens is 580 g/mol. The molecule has 0 saturated carbocycles. The van der Waals surface area contributed by atoms with Crippen molar-refractivity contribution in [3.05, 3.63) is 92.8 Å². The number of benzene rings is 3. The summed E-state index contributed by atoms with van der Waals surface area (Å²) in [5, 5.41) is 9.76. The summed E-state index contributed by atoms with van der Waals surface area (Å²) in [4.78, 5) is 31.7. The Hall–Kier alpha value is -3.56. The van der Waals surface area contributed by atoms with Crippen molar-refractivity contribution in [2.24, 2.45) is 4.99 Å². The first-order valence-corrected chi connectivity index (χ1v) is 14.2. The van der Waals surface area contributed by atoms with E-state index in [1.54, 1.807) is 17.0 Å². The summed E-state index contributed by atoms with van der Waals surface area (Å²) in [7, 11) is 0. The van der Waals surface area contributed by atoms with E-state index in [-0.39, 0.29) is 24.1 Å². The third kappa shape index (κ3) is 7.10. The molecule has 9 heteroatoms. The molecule has 0 aliphatic carbocycles. The van der Waals surface area contributed by atoms with Crippen molar-refractivity contribution in [2.75, 3.05) is 6.61 Å². The average molecular weight is 610 g/mol. The number of aromatic carboxylic acids is 1. The molecule has 0 bridgehead atoms. The van der Waals surface area contributed by atoms with Gasteiger partial charge < -0.3 is 14.6 Å². The Morgan fingerprint density at radius 2 is 1.85 bits per heavy atom. The van der Waals surface area contributed by atoms with E-state index in [9.17, 15) is 14.7 Å². The van der Waals surface area contributed by atoms with Crippen LogP contribution >= 0.6 is 27.7 Å². The molecule has 1 heterocycles. The molecule has 7 nitrogen and oxygen atoms in total. The van der Waals surface area contributed by atoms with Crippen LogP contribution < -0.4 is 9.47 Å². The maximum absolute atomic E-state index is 13.6. The number of carbonyl (C=O) groups excluding carboxylic acids is 1. The van der Waals surface area contributed by atoms with Crippen molar-refractivity contribution in [3.8, 4) is 11.5 Å². The summed E-state index contributed by atoms with van der Waals surface area (Å²) in [5.41, 5.74) is 2.50. The summed E-state index contributed by atoms with van der Waals surface area (Å²) in [6, 6.07) is 19.7. The molecule has 4 rings (SSSR count). The molecule has 1 unspecified atom stereocenters. The van der Waals surface area contributed by atoms with Crippen molar-refractivity contribution >= 4 is 56.5 Å². The number of para-hydroxylation sites is 1. The molecule has 0 spiro atoms. The number of carbonyl (C=O) groups is 2. The third-order valence-electron chi connectivity index (χ3n) is 5.93. The van der Waals surface area contributed by atoms with Crippen molar-refractivity contribution in [1.82, 2.24) is 4.90 Å². The minimum absolute atomic E-state index is 0.0200. The number of ether oxygens (including phenoxy) is 2. The van der Waals surface area contributed by atoms with Crippen LogP contribution in [0.4, 0.5) is 5.69 Å². The summed E-state index contributed by atoms with van der Waals surface area (Å²) in [6.07, 6.45) is 2.70. The number of hydrogen-bond acceptors (Lipinski definition) is 6. The number of nitrogens with zero attached hydrogens (tertiary/aromatic N) is 2. The predicted octanol–water partition coefficient (Wildman–Crippen LogP) is 7.53. The quantitative estimate of drug-likeness (QED) is 0.239. The van der Waals surface area contributed by atoms with Crippen LogP contribution in [0.1, 0.15) is 48.7 Å². The van der Waals surface area contributed by atoms with Gasteiger partial charge in [0.1, 0.15) is 0 Å². The molecule has 1 N–H and O–H groups in total. The summed E-state index contributed by atoms with van der Waals surface area (Å²) >= 11 is 4.91. The average Bonchev–Trinajstić information content (AvgIpc) is 3.20. The number of rotatable bonds is 10. The molecule has 0 radical (unpaired) electrons. The van der Waals surface area contributed by atoms with Crippen LogP contribution in [0.5, 0.6) is 11.5 Å². The minimum Gasteiger partial charge on any atom is -0.490 e. The Morgan fingerprint density at radius 3 is 2.49 bits per heavy atom. The van der Waals surface area contributed by atoms with E-state index < -0.39 is 5.97 Å². The third-order valence-corrected chi connectivity index (χ3v) is 7.53. The van der Waals surface area contributed by atoms with Gasteiger partial charge in [-0.15, -0.1) is 0 Å². The van der Waals surface area contributed by atoms with Gasteiger partial charge in [-0.3, -0.25) is 9.69 Å². The lowest BCUT2D eigenvalue weighted by molar-refractivity contribution is -0.122. The van der Waals surface area contributed by atoms with Gasteiger partial charge in [-0.25, -0.2) is 9.79 Å². The lowest BCUT2D eigenvalue weighted by Gasteiger charge is -2.18. The Labute approximate surface area is 240 Å². The van der Waals surface area contributed by atoms with Gasteiger partial charge in [0.05, 0.1) is 39.9 Å². The topological polar surface area (TPSA) is 88.4 Å². The molecule has 1 fully saturated rings. The molecule has 202 valence electrons. The van der Waals surface area contributed by atoms with E-state index in [1.165, 1.54) is 23.9 Å². The molecule has 1 atom stereocenters. The van der Waals surface area contributed by atoms with E-state index in [0.29, 0.717) is 28.2 Å². The number of aliphatic imine (C=N–C) groups is 1. The summed E-state index contributed by atoms with van der Waals surface area (Å²) < 4.78 is 12.7. The molecule has 1 aliphatic heterocycles. The zero-order valence-electron chi connectivity index (χ0n) is 21.9. The smallest absolute Gasteiger partial charge is 0.335 e. The Kier molecular flexibility index (Phi) is 9.48. The minimum atomic E-state index is -0.996. The van der Waals surface area contributed by atoms with Crippen LogP contribution in [0, 0.1) is 0 Å². The number of halogens is 1.